The number of amides is 1. The number of rotatable bonds is 5. The predicted molar refractivity (Wildman–Crippen MR) is 86.1 cm³/mol. The Kier molecular flexibility index (Phi) is 5.30. The lowest BCUT2D eigenvalue weighted by atomic mass is 10.3. The first-order chi connectivity index (χ1) is 10.9. The maximum Gasteiger partial charge on any atom is 0.348 e. The van der Waals surface area contributed by atoms with Crippen molar-refractivity contribution in [3.05, 3.63) is 55.2 Å². The molecule has 0 unspecified atom stereocenters. The number of anilines is 1. The third-order valence-electron chi connectivity index (χ3n) is 2.71. The topological polar surface area (TPSA) is 98.5 Å². The summed E-state index contributed by atoms with van der Waals surface area (Å²) in [5.41, 5.74) is -0.135. The number of benzene rings is 1. The molecule has 0 aliphatic carbocycles. The molecule has 1 heterocycles. The van der Waals surface area contributed by atoms with Gasteiger partial charge >= 0.3 is 5.97 Å². The summed E-state index contributed by atoms with van der Waals surface area (Å²) in [6.07, 6.45) is 0. The van der Waals surface area contributed by atoms with Crippen molar-refractivity contribution < 1.29 is 19.2 Å². The Labute approximate surface area is 140 Å². The van der Waals surface area contributed by atoms with Gasteiger partial charge in [-0.05, 0) is 25.1 Å². The van der Waals surface area contributed by atoms with Crippen LogP contribution in [-0.2, 0) is 9.53 Å². The van der Waals surface area contributed by atoms with Crippen LogP contribution in [0, 0.1) is 17.0 Å². The molecule has 1 aromatic carbocycles. The number of nitrogens with one attached hydrogen (secondary N) is 1. The van der Waals surface area contributed by atoms with Gasteiger partial charge in [0, 0.05) is 17.0 Å². The molecule has 7 nitrogen and oxygen atoms in total. The van der Waals surface area contributed by atoms with E-state index in [4.69, 9.17) is 16.3 Å². The lowest BCUT2D eigenvalue weighted by Gasteiger charge is -2.07. The van der Waals surface area contributed by atoms with Crippen LogP contribution in [0.25, 0.3) is 0 Å². The lowest BCUT2D eigenvalue weighted by Crippen LogP contribution is -2.20. The van der Waals surface area contributed by atoms with Gasteiger partial charge < -0.3 is 10.1 Å². The Bertz CT molecular complexity index is 774. The Hall–Kier alpha value is -2.45. The minimum Gasteiger partial charge on any atom is -0.451 e. The maximum atomic E-state index is 11.8. The highest BCUT2D eigenvalue weighted by Gasteiger charge is 2.15. The first-order valence-electron chi connectivity index (χ1n) is 6.34. The number of nitro benzene ring substituents is 1. The van der Waals surface area contributed by atoms with Gasteiger partial charge in [0.1, 0.15) is 4.88 Å². The van der Waals surface area contributed by atoms with Crippen molar-refractivity contribution in [2.75, 3.05) is 11.9 Å². The molecule has 0 radical (unpaired) electrons. The van der Waals surface area contributed by atoms with E-state index in [2.05, 4.69) is 5.32 Å². The SMILES string of the molecule is Cc1ccc(C(=O)OCC(=O)Nc2cc([N+](=O)[O-])ccc2Cl)s1. The van der Waals surface area contributed by atoms with Gasteiger partial charge in [-0.15, -0.1) is 11.3 Å². The van der Waals surface area contributed by atoms with Gasteiger partial charge in [0.25, 0.3) is 11.6 Å². The van der Waals surface area contributed by atoms with E-state index in [0.29, 0.717) is 4.88 Å². The molecule has 2 rings (SSSR count). The van der Waals surface area contributed by atoms with Crippen LogP contribution in [0.15, 0.2) is 30.3 Å². The van der Waals surface area contributed by atoms with Gasteiger partial charge in [-0.2, -0.15) is 0 Å². The molecule has 23 heavy (non-hydrogen) atoms. The Morgan fingerprint density at radius 2 is 2.09 bits per heavy atom. The van der Waals surface area contributed by atoms with Crippen molar-refractivity contribution in [2.45, 2.75) is 6.92 Å². The minimum atomic E-state index is -0.644. The van der Waals surface area contributed by atoms with Gasteiger partial charge in [-0.1, -0.05) is 11.6 Å². The number of hydrogen-bond donors (Lipinski definition) is 1. The molecule has 0 aliphatic rings. The molecule has 0 saturated heterocycles. The molecule has 1 N–H and O–H groups in total. The number of aryl methyl sites for hydroxylation is 1. The average Bonchev–Trinajstić information content (AvgIpc) is 2.93. The van der Waals surface area contributed by atoms with Crippen LogP contribution in [0.4, 0.5) is 11.4 Å². The van der Waals surface area contributed by atoms with E-state index in [-0.39, 0.29) is 16.4 Å². The summed E-state index contributed by atoms with van der Waals surface area (Å²) in [6, 6.07) is 7.03. The largest absolute Gasteiger partial charge is 0.451 e. The van der Waals surface area contributed by atoms with Crippen molar-refractivity contribution in [2.24, 2.45) is 0 Å². The number of non-ortho nitro benzene ring substituents is 1. The highest BCUT2D eigenvalue weighted by Crippen LogP contribution is 2.26. The predicted octanol–water partition coefficient (Wildman–Crippen LogP) is 3.41. The summed E-state index contributed by atoms with van der Waals surface area (Å²) in [7, 11) is 0. The fourth-order valence-electron chi connectivity index (χ4n) is 1.66. The lowest BCUT2D eigenvalue weighted by molar-refractivity contribution is -0.384. The fraction of sp³-hybridized carbons (Fsp3) is 0.143. The van der Waals surface area contributed by atoms with E-state index in [1.54, 1.807) is 12.1 Å². The fourth-order valence-corrected chi connectivity index (χ4v) is 2.58. The van der Waals surface area contributed by atoms with Crippen LogP contribution in [0.2, 0.25) is 5.02 Å². The second kappa shape index (κ2) is 7.21. The third-order valence-corrected chi connectivity index (χ3v) is 4.02. The van der Waals surface area contributed by atoms with E-state index in [9.17, 15) is 19.7 Å². The van der Waals surface area contributed by atoms with Crippen LogP contribution in [0.3, 0.4) is 0 Å². The highest BCUT2D eigenvalue weighted by atomic mass is 35.5. The number of thiophene rings is 1. The zero-order valence-corrected chi connectivity index (χ0v) is 13.4. The molecule has 0 bridgehead atoms. The molecule has 1 aromatic heterocycles. The van der Waals surface area contributed by atoms with Crippen LogP contribution in [-0.4, -0.2) is 23.4 Å². The normalized spacial score (nSPS) is 10.2. The maximum absolute atomic E-state index is 11.8. The summed E-state index contributed by atoms with van der Waals surface area (Å²) in [5.74, 6) is -1.25. The number of nitro groups is 1. The average molecular weight is 355 g/mol. The Morgan fingerprint density at radius 1 is 1.35 bits per heavy atom. The third kappa shape index (κ3) is 4.51. The molecular weight excluding hydrogens is 344 g/mol. The molecule has 0 atom stereocenters. The minimum absolute atomic E-state index is 0.0777. The molecule has 2 aromatic rings. The van der Waals surface area contributed by atoms with Gasteiger partial charge in [-0.25, -0.2) is 4.79 Å². The zero-order chi connectivity index (χ0) is 17.0. The van der Waals surface area contributed by atoms with Crippen LogP contribution in [0.5, 0.6) is 0 Å². The summed E-state index contributed by atoms with van der Waals surface area (Å²) >= 11 is 7.12. The quantitative estimate of drug-likeness (QED) is 0.504. The molecule has 0 saturated carbocycles. The van der Waals surface area contributed by atoms with Crippen LogP contribution in [0.1, 0.15) is 14.5 Å². The van der Waals surface area contributed by atoms with E-state index < -0.39 is 23.4 Å². The Morgan fingerprint density at radius 3 is 2.70 bits per heavy atom. The molecule has 0 aliphatic heterocycles. The van der Waals surface area contributed by atoms with E-state index in [0.717, 1.165) is 10.9 Å². The first kappa shape index (κ1) is 16.9. The molecule has 1 amide bonds. The Balaban J connectivity index is 1.96. The molecule has 120 valence electrons. The summed E-state index contributed by atoms with van der Waals surface area (Å²) < 4.78 is 4.88. The van der Waals surface area contributed by atoms with Crippen molar-refractivity contribution in [3.63, 3.8) is 0 Å². The number of esters is 1. The second-order valence-electron chi connectivity index (χ2n) is 4.46. The summed E-state index contributed by atoms with van der Waals surface area (Å²) in [5, 5.41) is 13.2. The van der Waals surface area contributed by atoms with Gasteiger partial charge in [0.05, 0.1) is 15.6 Å². The van der Waals surface area contributed by atoms with E-state index in [1.807, 2.05) is 6.92 Å². The number of halogens is 1. The molecule has 9 heteroatoms. The van der Waals surface area contributed by atoms with Crippen molar-refractivity contribution in [3.8, 4) is 0 Å². The number of hydrogen-bond acceptors (Lipinski definition) is 6. The van der Waals surface area contributed by atoms with E-state index >= 15 is 0 Å². The van der Waals surface area contributed by atoms with Gasteiger partial charge in [0.15, 0.2) is 6.61 Å². The number of carbonyl (C=O) groups is 2. The van der Waals surface area contributed by atoms with Crippen LogP contribution < -0.4 is 5.32 Å². The zero-order valence-electron chi connectivity index (χ0n) is 11.9. The number of carbonyl (C=O) groups excluding carboxylic acids is 2. The standard InChI is InChI=1S/C14H11ClN2O5S/c1-8-2-5-12(23-8)14(19)22-7-13(18)16-11-6-9(17(20)21)3-4-10(11)15/h2-6H,7H2,1H3,(H,16,18). The molecule has 0 fully saturated rings. The first-order valence-corrected chi connectivity index (χ1v) is 7.53. The van der Waals surface area contributed by atoms with E-state index in [1.165, 1.54) is 23.5 Å². The summed E-state index contributed by atoms with van der Waals surface area (Å²) in [6.45, 7) is 1.33. The van der Waals surface area contributed by atoms with Gasteiger partial charge in [0.2, 0.25) is 0 Å². The monoisotopic (exact) mass is 354 g/mol. The second-order valence-corrected chi connectivity index (χ2v) is 6.15. The highest BCUT2D eigenvalue weighted by molar-refractivity contribution is 7.13. The molecule has 0 spiro atoms. The number of ether oxygens (including phenoxy) is 1. The van der Waals surface area contributed by atoms with Crippen molar-refractivity contribution in [1.82, 2.24) is 0 Å². The summed E-state index contributed by atoms with van der Waals surface area (Å²) in [4.78, 5) is 34.9. The van der Waals surface area contributed by atoms with Gasteiger partial charge in [-0.3, -0.25) is 14.9 Å². The van der Waals surface area contributed by atoms with Crippen molar-refractivity contribution in [1.29, 1.82) is 0 Å². The number of nitrogens with zero attached hydrogens (tertiary/aromatic N) is 1. The smallest absolute Gasteiger partial charge is 0.348 e. The van der Waals surface area contributed by atoms with Crippen molar-refractivity contribution >= 4 is 46.2 Å². The van der Waals surface area contributed by atoms with Crippen LogP contribution >= 0.6 is 22.9 Å². The molecular formula is C14H11ClN2O5S.